The molecule has 4 rings (SSSR count). The van der Waals surface area contributed by atoms with Gasteiger partial charge in [0.05, 0.1) is 30.6 Å². The van der Waals surface area contributed by atoms with Crippen molar-refractivity contribution in [2.24, 2.45) is 0 Å². The lowest BCUT2D eigenvalue weighted by atomic mass is 10.0. The number of halogens is 1. The Kier molecular flexibility index (Phi) is 6.54. The Bertz CT molecular complexity index is 1110. The molecule has 1 amide bonds. The van der Waals surface area contributed by atoms with E-state index in [-0.39, 0.29) is 18.0 Å². The Morgan fingerprint density at radius 2 is 2.19 bits per heavy atom. The summed E-state index contributed by atoms with van der Waals surface area (Å²) >= 11 is 11.0. The predicted molar refractivity (Wildman–Crippen MR) is 132 cm³/mol. The van der Waals surface area contributed by atoms with Gasteiger partial charge in [-0.1, -0.05) is 13.0 Å². The van der Waals surface area contributed by atoms with Crippen molar-refractivity contribution in [2.45, 2.75) is 25.4 Å². The molecule has 1 aliphatic rings. The maximum Gasteiger partial charge on any atom is 0.224 e. The predicted octanol–water partition coefficient (Wildman–Crippen LogP) is 5.44. The second kappa shape index (κ2) is 9.33. The summed E-state index contributed by atoms with van der Waals surface area (Å²) in [4.78, 5) is 19.7. The van der Waals surface area contributed by atoms with Gasteiger partial charge in [0, 0.05) is 39.1 Å². The summed E-state index contributed by atoms with van der Waals surface area (Å²) in [5, 5.41) is 8.99. The molecule has 6 nitrogen and oxygen atoms in total. The van der Waals surface area contributed by atoms with E-state index in [4.69, 9.17) is 17.0 Å². The molecule has 160 valence electrons. The maximum absolute atomic E-state index is 11.9. The monoisotopic (exact) mass is 516 g/mol. The number of rotatable bonds is 6. The summed E-state index contributed by atoms with van der Waals surface area (Å²) in [5.41, 5.74) is 2.42. The van der Waals surface area contributed by atoms with Crippen LogP contribution in [0.2, 0.25) is 0 Å². The Morgan fingerprint density at radius 3 is 2.84 bits per heavy atom. The van der Waals surface area contributed by atoms with Crippen molar-refractivity contribution < 1.29 is 9.53 Å². The molecule has 0 aliphatic carbocycles. The molecule has 1 aromatic carbocycles. The number of methoxy groups -OCH3 is 1. The average molecular weight is 517 g/mol. The lowest BCUT2D eigenvalue weighted by Gasteiger charge is -2.27. The quantitative estimate of drug-likeness (QED) is 0.425. The number of nitrogens with one attached hydrogen (secondary N) is 2. The van der Waals surface area contributed by atoms with Crippen LogP contribution >= 0.6 is 39.5 Å². The molecule has 0 radical (unpaired) electrons. The minimum atomic E-state index is -0.107. The number of carbonyl (C=O) groups excluding carboxylic acids is 1. The van der Waals surface area contributed by atoms with Gasteiger partial charge in [-0.3, -0.25) is 9.78 Å². The van der Waals surface area contributed by atoms with Crippen LogP contribution < -0.4 is 20.3 Å². The van der Waals surface area contributed by atoms with E-state index in [9.17, 15) is 4.79 Å². The van der Waals surface area contributed by atoms with Crippen LogP contribution in [0.5, 0.6) is 5.75 Å². The van der Waals surface area contributed by atoms with E-state index in [1.54, 1.807) is 24.6 Å². The summed E-state index contributed by atoms with van der Waals surface area (Å²) in [6, 6.07) is 13.5. The van der Waals surface area contributed by atoms with Crippen molar-refractivity contribution in [1.29, 1.82) is 0 Å². The van der Waals surface area contributed by atoms with Gasteiger partial charge in [-0.15, -0.1) is 11.3 Å². The summed E-state index contributed by atoms with van der Waals surface area (Å²) < 4.78 is 6.59. The number of thiocarbonyl (C=S) groups is 1. The molecule has 2 atom stereocenters. The second-order valence-corrected chi connectivity index (χ2v) is 9.20. The number of pyridine rings is 1. The Morgan fingerprint density at radius 1 is 1.35 bits per heavy atom. The van der Waals surface area contributed by atoms with Crippen molar-refractivity contribution >= 4 is 61.9 Å². The number of amides is 1. The van der Waals surface area contributed by atoms with Gasteiger partial charge in [0.2, 0.25) is 5.91 Å². The Labute approximate surface area is 198 Å². The summed E-state index contributed by atoms with van der Waals surface area (Å²) in [7, 11) is 1.59. The zero-order chi connectivity index (χ0) is 22.0. The van der Waals surface area contributed by atoms with Gasteiger partial charge < -0.3 is 20.3 Å². The Hall–Kier alpha value is -2.49. The zero-order valence-electron chi connectivity index (χ0n) is 17.0. The molecule has 0 saturated carbocycles. The zero-order valence-corrected chi connectivity index (χ0v) is 20.2. The van der Waals surface area contributed by atoms with Gasteiger partial charge >= 0.3 is 0 Å². The number of carbonyl (C=O) groups is 1. The maximum atomic E-state index is 11.9. The first-order chi connectivity index (χ1) is 15.0. The molecule has 1 saturated heterocycles. The second-order valence-electron chi connectivity index (χ2n) is 6.95. The summed E-state index contributed by atoms with van der Waals surface area (Å²) in [5.74, 6) is 0.510. The minimum absolute atomic E-state index is 0.0686. The van der Waals surface area contributed by atoms with Crippen molar-refractivity contribution in [1.82, 2.24) is 10.3 Å². The van der Waals surface area contributed by atoms with Crippen LogP contribution in [0.15, 0.2) is 58.5 Å². The van der Waals surface area contributed by atoms with E-state index in [0.29, 0.717) is 23.0 Å². The van der Waals surface area contributed by atoms with Crippen LogP contribution in [0, 0.1) is 0 Å². The first kappa shape index (κ1) is 21.7. The van der Waals surface area contributed by atoms with Gasteiger partial charge in [-0.2, -0.15) is 0 Å². The third kappa shape index (κ3) is 4.44. The highest BCUT2D eigenvalue weighted by molar-refractivity contribution is 9.10. The van der Waals surface area contributed by atoms with E-state index < -0.39 is 0 Å². The third-order valence-electron chi connectivity index (χ3n) is 5.04. The van der Waals surface area contributed by atoms with Gasteiger partial charge in [-0.25, -0.2) is 0 Å². The summed E-state index contributed by atoms with van der Waals surface area (Å²) in [6.45, 7) is 1.81. The van der Waals surface area contributed by atoms with Crippen molar-refractivity contribution in [3.63, 3.8) is 0 Å². The number of benzene rings is 1. The molecule has 9 heteroatoms. The molecule has 0 unspecified atom stereocenters. The van der Waals surface area contributed by atoms with Gasteiger partial charge in [0.25, 0.3) is 0 Å². The molecule has 2 aromatic heterocycles. The highest BCUT2D eigenvalue weighted by atomic mass is 79.9. The fourth-order valence-corrected chi connectivity index (χ4v) is 5.49. The van der Waals surface area contributed by atoms with Crippen LogP contribution in [0.25, 0.3) is 0 Å². The highest BCUT2D eigenvalue weighted by Crippen LogP contribution is 2.45. The van der Waals surface area contributed by atoms with Crippen LogP contribution in [0.4, 0.5) is 11.4 Å². The summed E-state index contributed by atoms with van der Waals surface area (Å²) in [6.07, 6.45) is 2.18. The number of anilines is 2. The molecular formula is C22H21BrN4O2S2. The average Bonchev–Trinajstić information content (AvgIpc) is 3.37. The standard InChI is InChI=1S/C22H21BrN4O2S2/c1-3-19(28)25-15-8-7-14(11-17(15)29-2)27-21(18-10-13(23)12-31-18)20(26-22(27)30)16-6-4-5-9-24-16/h4-12,20-21H,3H2,1-2H3,(H,25,28)(H,26,30)/t20-,21+/m1/s1. The number of hydrogen-bond acceptors (Lipinski definition) is 5. The van der Waals surface area contributed by atoms with Crippen molar-refractivity contribution in [2.75, 3.05) is 17.3 Å². The van der Waals surface area contributed by atoms with Crippen molar-refractivity contribution in [3.8, 4) is 5.75 Å². The van der Waals surface area contributed by atoms with Crippen LogP contribution in [0.3, 0.4) is 0 Å². The first-order valence-electron chi connectivity index (χ1n) is 9.74. The number of ether oxygens (including phenoxy) is 1. The van der Waals surface area contributed by atoms with Gasteiger partial charge in [0.1, 0.15) is 5.75 Å². The smallest absolute Gasteiger partial charge is 0.224 e. The molecular weight excluding hydrogens is 496 g/mol. The molecule has 1 aliphatic heterocycles. The molecule has 2 N–H and O–H groups in total. The van der Waals surface area contributed by atoms with Crippen LogP contribution in [-0.4, -0.2) is 23.1 Å². The minimum Gasteiger partial charge on any atom is -0.494 e. The highest BCUT2D eigenvalue weighted by Gasteiger charge is 2.41. The van der Waals surface area contributed by atoms with Gasteiger partial charge in [0.15, 0.2) is 5.11 Å². The largest absolute Gasteiger partial charge is 0.494 e. The van der Waals surface area contributed by atoms with E-state index >= 15 is 0 Å². The van der Waals surface area contributed by atoms with E-state index in [2.05, 4.69) is 47.9 Å². The number of nitrogens with zero attached hydrogens (tertiary/aromatic N) is 2. The molecule has 3 heterocycles. The fourth-order valence-electron chi connectivity index (χ4n) is 3.58. The molecule has 3 aromatic rings. The van der Waals surface area contributed by atoms with Crippen LogP contribution in [0.1, 0.15) is 36.0 Å². The SMILES string of the molecule is CCC(=O)Nc1ccc(N2C(=S)N[C@H](c3ccccn3)[C@@H]2c2cc(Br)cs2)cc1OC. The normalized spacial score (nSPS) is 18.0. The molecule has 0 spiro atoms. The molecule has 1 fully saturated rings. The third-order valence-corrected chi connectivity index (χ3v) is 7.11. The lowest BCUT2D eigenvalue weighted by Crippen LogP contribution is -2.29. The van der Waals surface area contributed by atoms with E-state index in [1.807, 2.05) is 43.3 Å². The van der Waals surface area contributed by atoms with E-state index in [0.717, 1.165) is 20.7 Å². The topological polar surface area (TPSA) is 66.5 Å². The fraction of sp³-hybridized carbons (Fsp3) is 0.227. The Balaban J connectivity index is 1.76. The van der Waals surface area contributed by atoms with Gasteiger partial charge in [-0.05, 0) is 58.5 Å². The number of aromatic nitrogens is 1. The first-order valence-corrected chi connectivity index (χ1v) is 11.8. The van der Waals surface area contributed by atoms with E-state index in [1.165, 1.54) is 0 Å². The number of hydrogen-bond donors (Lipinski definition) is 2. The molecule has 31 heavy (non-hydrogen) atoms. The van der Waals surface area contributed by atoms with Crippen molar-refractivity contribution in [3.05, 3.63) is 69.1 Å². The molecule has 0 bridgehead atoms. The number of thiophene rings is 1. The van der Waals surface area contributed by atoms with Crippen LogP contribution in [-0.2, 0) is 4.79 Å². The lowest BCUT2D eigenvalue weighted by molar-refractivity contribution is -0.115.